The van der Waals surface area contributed by atoms with Gasteiger partial charge in [-0.3, -0.25) is 5.32 Å². The molecule has 92 valence electrons. The first kappa shape index (κ1) is 12.3. The van der Waals surface area contributed by atoms with Crippen molar-refractivity contribution in [3.63, 3.8) is 0 Å². The van der Waals surface area contributed by atoms with Gasteiger partial charge in [0.25, 0.3) is 0 Å². The van der Waals surface area contributed by atoms with E-state index in [4.69, 9.17) is 11.6 Å². The van der Waals surface area contributed by atoms with E-state index in [0.29, 0.717) is 5.69 Å². The third kappa shape index (κ3) is 3.39. The standard InChI is InChI=1S/C11H8ClFN4O/c12-9-5-15-10(6-14-9)17-11(18)16-8-3-1-2-7(13)4-8/h1-6H,(H2,15,16,17,18). The van der Waals surface area contributed by atoms with E-state index in [9.17, 15) is 9.18 Å². The smallest absolute Gasteiger partial charge is 0.308 e. The van der Waals surface area contributed by atoms with Gasteiger partial charge in [0, 0.05) is 5.69 Å². The van der Waals surface area contributed by atoms with Crippen LogP contribution in [-0.2, 0) is 0 Å². The van der Waals surface area contributed by atoms with E-state index in [2.05, 4.69) is 20.6 Å². The lowest BCUT2D eigenvalue weighted by atomic mass is 10.3. The zero-order chi connectivity index (χ0) is 13.0. The Morgan fingerprint density at radius 2 is 2.06 bits per heavy atom. The Balaban J connectivity index is 1.98. The predicted octanol–water partition coefficient (Wildman–Crippen LogP) is 2.91. The Labute approximate surface area is 107 Å². The Morgan fingerprint density at radius 1 is 1.22 bits per heavy atom. The van der Waals surface area contributed by atoms with Crippen LogP contribution in [0.5, 0.6) is 0 Å². The second-order valence-electron chi connectivity index (χ2n) is 3.31. The molecule has 1 heterocycles. The van der Waals surface area contributed by atoms with Crippen molar-refractivity contribution in [2.45, 2.75) is 0 Å². The molecule has 0 fully saturated rings. The average Bonchev–Trinajstić information content (AvgIpc) is 2.32. The maximum absolute atomic E-state index is 12.9. The molecular formula is C11H8ClFN4O. The quantitative estimate of drug-likeness (QED) is 0.878. The second kappa shape index (κ2) is 5.42. The summed E-state index contributed by atoms with van der Waals surface area (Å²) in [6.07, 6.45) is 2.62. The first-order valence-corrected chi connectivity index (χ1v) is 5.32. The summed E-state index contributed by atoms with van der Waals surface area (Å²) in [6, 6.07) is 5.00. The van der Waals surface area contributed by atoms with Crippen molar-refractivity contribution in [1.82, 2.24) is 9.97 Å². The van der Waals surface area contributed by atoms with Gasteiger partial charge in [0.15, 0.2) is 5.82 Å². The van der Waals surface area contributed by atoms with Gasteiger partial charge < -0.3 is 5.32 Å². The Hall–Kier alpha value is -2.21. The van der Waals surface area contributed by atoms with Gasteiger partial charge in [-0.2, -0.15) is 0 Å². The average molecular weight is 267 g/mol. The van der Waals surface area contributed by atoms with Gasteiger partial charge >= 0.3 is 6.03 Å². The molecule has 0 saturated heterocycles. The highest BCUT2D eigenvalue weighted by atomic mass is 35.5. The lowest BCUT2D eigenvalue weighted by Crippen LogP contribution is -2.20. The second-order valence-corrected chi connectivity index (χ2v) is 3.70. The summed E-state index contributed by atoms with van der Waals surface area (Å²) in [4.78, 5) is 19.1. The number of halogens is 2. The van der Waals surface area contributed by atoms with Crippen LogP contribution < -0.4 is 10.6 Å². The molecule has 2 rings (SSSR count). The summed E-state index contributed by atoms with van der Waals surface area (Å²) in [5.74, 6) is -0.188. The molecule has 1 aromatic heterocycles. The zero-order valence-electron chi connectivity index (χ0n) is 9.02. The molecule has 5 nitrogen and oxygen atoms in total. The SMILES string of the molecule is O=C(Nc1cccc(F)c1)Nc1cnc(Cl)cn1. The summed E-state index contributed by atoms with van der Waals surface area (Å²) in [6.45, 7) is 0. The van der Waals surface area contributed by atoms with Crippen LogP contribution in [0.1, 0.15) is 0 Å². The van der Waals surface area contributed by atoms with Gasteiger partial charge in [0.1, 0.15) is 11.0 Å². The molecule has 0 bridgehead atoms. The predicted molar refractivity (Wildman–Crippen MR) is 66.1 cm³/mol. The van der Waals surface area contributed by atoms with Gasteiger partial charge in [-0.1, -0.05) is 17.7 Å². The highest BCUT2D eigenvalue weighted by Gasteiger charge is 2.04. The fourth-order valence-corrected chi connectivity index (χ4v) is 1.32. The van der Waals surface area contributed by atoms with Gasteiger partial charge in [0.2, 0.25) is 0 Å². The van der Waals surface area contributed by atoms with E-state index in [1.165, 1.54) is 30.6 Å². The van der Waals surface area contributed by atoms with E-state index < -0.39 is 11.8 Å². The maximum Gasteiger partial charge on any atom is 0.324 e. The fourth-order valence-electron chi connectivity index (χ4n) is 1.22. The molecule has 7 heteroatoms. The monoisotopic (exact) mass is 266 g/mol. The van der Waals surface area contributed by atoms with Crippen LogP contribution >= 0.6 is 11.6 Å². The molecule has 2 aromatic rings. The van der Waals surface area contributed by atoms with Crippen LogP contribution in [0.2, 0.25) is 5.15 Å². The summed E-state index contributed by atoms with van der Waals surface area (Å²) in [7, 11) is 0. The van der Waals surface area contributed by atoms with Gasteiger partial charge in [-0.15, -0.1) is 0 Å². The molecule has 1 aromatic carbocycles. The molecule has 18 heavy (non-hydrogen) atoms. The van der Waals surface area contributed by atoms with Crippen molar-refractivity contribution < 1.29 is 9.18 Å². The van der Waals surface area contributed by atoms with E-state index in [1.807, 2.05) is 0 Å². The minimum Gasteiger partial charge on any atom is -0.308 e. The van der Waals surface area contributed by atoms with Crippen LogP contribution in [0.4, 0.5) is 20.7 Å². The zero-order valence-corrected chi connectivity index (χ0v) is 9.78. The molecule has 2 N–H and O–H groups in total. The number of anilines is 2. The number of rotatable bonds is 2. The molecule has 2 amide bonds. The van der Waals surface area contributed by atoms with Crippen LogP contribution in [0, 0.1) is 5.82 Å². The summed E-state index contributed by atoms with van der Waals surface area (Å²) < 4.78 is 12.9. The number of hydrogen-bond acceptors (Lipinski definition) is 3. The number of nitrogens with zero attached hydrogens (tertiary/aromatic N) is 2. The summed E-state index contributed by atoms with van der Waals surface area (Å²) >= 11 is 5.55. The highest BCUT2D eigenvalue weighted by Crippen LogP contribution is 2.10. The van der Waals surface area contributed by atoms with Crippen molar-refractivity contribution in [3.05, 3.63) is 47.6 Å². The van der Waals surface area contributed by atoms with Crippen molar-refractivity contribution in [1.29, 1.82) is 0 Å². The maximum atomic E-state index is 12.9. The molecule has 0 atom stereocenters. The summed E-state index contributed by atoms with van der Waals surface area (Å²) in [5, 5.41) is 5.12. The number of urea groups is 1. The number of carbonyl (C=O) groups excluding carboxylic acids is 1. The van der Waals surface area contributed by atoms with Crippen LogP contribution in [0.15, 0.2) is 36.7 Å². The van der Waals surface area contributed by atoms with Crippen molar-refractivity contribution in [2.75, 3.05) is 10.6 Å². The fraction of sp³-hybridized carbons (Fsp3) is 0. The third-order valence-corrected chi connectivity index (χ3v) is 2.14. The van der Waals surface area contributed by atoms with Crippen LogP contribution in [-0.4, -0.2) is 16.0 Å². The van der Waals surface area contributed by atoms with E-state index in [-0.39, 0.29) is 11.0 Å². The van der Waals surface area contributed by atoms with E-state index in [1.54, 1.807) is 6.07 Å². The van der Waals surface area contributed by atoms with Crippen LogP contribution in [0.3, 0.4) is 0 Å². The van der Waals surface area contributed by atoms with Crippen molar-refractivity contribution in [2.24, 2.45) is 0 Å². The van der Waals surface area contributed by atoms with E-state index in [0.717, 1.165) is 0 Å². The Morgan fingerprint density at radius 3 is 2.72 bits per heavy atom. The minimum absolute atomic E-state index is 0.228. The number of benzene rings is 1. The lowest BCUT2D eigenvalue weighted by Gasteiger charge is -2.06. The number of aromatic nitrogens is 2. The molecule has 0 radical (unpaired) electrons. The molecule has 0 aliphatic rings. The van der Waals surface area contributed by atoms with E-state index >= 15 is 0 Å². The largest absolute Gasteiger partial charge is 0.324 e. The number of carbonyl (C=O) groups is 1. The molecule has 0 spiro atoms. The van der Waals surface area contributed by atoms with Gasteiger partial charge in [-0.25, -0.2) is 19.2 Å². The number of hydrogen-bond donors (Lipinski definition) is 2. The minimum atomic E-state index is -0.544. The lowest BCUT2D eigenvalue weighted by molar-refractivity contribution is 0.262. The molecule has 0 saturated carbocycles. The van der Waals surface area contributed by atoms with Gasteiger partial charge in [-0.05, 0) is 18.2 Å². The summed E-state index contributed by atoms with van der Waals surface area (Å²) in [5.41, 5.74) is 0.342. The molecular weight excluding hydrogens is 259 g/mol. The van der Waals surface area contributed by atoms with Crippen molar-refractivity contribution >= 4 is 29.1 Å². The molecule has 0 aliphatic carbocycles. The molecule has 0 unspecified atom stereocenters. The topological polar surface area (TPSA) is 66.9 Å². The Bertz CT molecular complexity index is 561. The first-order valence-electron chi connectivity index (χ1n) is 4.94. The van der Waals surface area contributed by atoms with Crippen molar-refractivity contribution in [3.8, 4) is 0 Å². The van der Waals surface area contributed by atoms with Gasteiger partial charge in [0.05, 0.1) is 12.4 Å². The number of nitrogens with one attached hydrogen (secondary N) is 2. The third-order valence-electron chi connectivity index (χ3n) is 1.94. The molecule has 0 aliphatic heterocycles. The highest BCUT2D eigenvalue weighted by molar-refractivity contribution is 6.29. The number of amides is 2. The van der Waals surface area contributed by atoms with Crippen LogP contribution in [0.25, 0.3) is 0 Å². The normalized spacial score (nSPS) is 9.89. The first-order chi connectivity index (χ1) is 8.63. The Kier molecular flexibility index (Phi) is 3.69.